The monoisotopic (exact) mass is 420 g/mol. The standard InChI is InChI=1S/C17H18BrFN6O/c1-25(2)8-6-14-22-15-11(5-7-20-17(15)23-14)16(24-26)21-10-3-4-13(19)12(18)9-10/h3-5,7,9,26H,6,8H2,1-2H3,(H,21,24)(H,20,22,23). The minimum atomic E-state index is -0.382. The lowest BCUT2D eigenvalue weighted by atomic mass is 10.2. The smallest absolute Gasteiger partial charge is 0.178 e. The predicted octanol–water partition coefficient (Wildman–Crippen LogP) is 3.02. The third kappa shape index (κ3) is 4.06. The van der Waals surface area contributed by atoms with Gasteiger partial charge in [-0.15, -0.1) is 0 Å². The molecule has 3 rings (SSSR count). The number of rotatable bonds is 5. The third-order valence-corrected chi connectivity index (χ3v) is 4.35. The molecule has 0 unspecified atom stereocenters. The van der Waals surface area contributed by atoms with E-state index in [2.05, 4.69) is 46.3 Å². The van der Waals surface area contributed by atoms with Gasteiger partial charge in [-0.05, 0) is 54.3 Å². The van der Waals surface area contributed by atoms with Gasteiger partial charge in [0.2, 0.25) is 0 Å². The Bertz CT molecular complexity index is 956. The fourth-order valence-electron chi connectivity index (χ4n) is 2.43. The van der Waals surface area contributed by atoms with E-state index in [0.717, 1.165) is 18.8 Å². The Hall–Kier alpha value is -2.36. The highest BCUT2D eigenvalue weighted by Crippen LogP contribution is 2.23. The Labute approximate surface area is 158 Å². The SMILES string of the molecule is CN(C)CCc1nc2nccc(C(=Nc3ccc(F)c(Br)c3)NO)c2[nH]1. The van der Waals surface area contributed by atoms with Crippen LogP contribution >= 0.6 is 15.9 Å². The summed E-state index contributed by atoms with van der Waals surface area (Å²) in [6.07, 6.45) is 2.34. The van der Waals surface area contributed by atoms with Gasteiger partial charge in [-0.2, -0.15) is 0 Å². The fraction of sp³-hybridized carbons (Fsp3) is 0.235. The molecule has 0 atom stereocenters. The normalized spacial score (nSPS) is 12.2. The van der Waals surface area contributed by atoms with E-state index in [1.165, 1.54) is 18.2 Å². The van der Waals surface area contributed by atoms with Crippen LogP contribution in [0.4, 0.5) is 10.1 Å². The summed E-state index contributed by atoms with van der Waals surface area (Å²) in [5.41, 5.74) is 4.41. The molecule has 3 aromatic rings. The number of hydroxylamine groups is 1. The Kier molecular flexibility index (Phi) is 5.60. The number of halogens is 2. The predicted molar refractivity (Wildman–Crippen MR) is 101 cm³/mol. The van der Waals surface area contributed by atoms with E-state index in [4.69, 9.17) is 0 Å². The van der Waals surface area contributed by atoms with Crippen LogP contribution in [-0.4, -0.2) is 51.5 Å². The minimum absolute atomic E-state index is 0.207. The van der Waals surface area contributed by atoms with Gasteiger partial charge in [0.05, 0.1) is 15.7 Å². The van der Waals surface area contributed by atoms with Crippen molar-refractivity contribution in [1.82, 2.24) is 25.3 Å². The average Bonchev–Trinajstić information content (AvgIpc) is 3.04. The van der Waals surface area contributed by atoms with Crippen LogP contribution in [-0.2, 0) is 6.42 Å². The van der Waals surface area contributed by atoms with Gasteiger partial charge in [0.25, 0.3) is 0 Å². The molecule has 2 heterocycles. The summed E-state index contributed by atoms with van der Waals surface area (Å²) in [6, 6.07) is 6.07. The van der Waals surface area contributed by atoms with Crippen molar-refractivity contribution >= 4 is 38.6 Å². The van der Waals surface area contributed by atoms with Crippen LogP contribution in [0.3, 0.4) is 0 Å². The topological polar surface area (TPSA) is 89.4 Å². The summed E-state index contributed by atoms with van der Waals surface area (Å²) >= 11 is 3.13. The van der Waals surface area contributed by atoms with Crippen molar-refractivity contribution in [2.45, 2.75) is 6.42 Å². The van der Waals surface area contributed by atoms with E-state index in [1.807, 2.05) is 14.1 Å². The van der Waals surface area contributed by atoms with Crippen molar-refractivity contribution in [3.63, 3.8) is 0 Å². The molecular weight excluding hydrogens is 403 g/mol. The van der Waals surface area contributed by atoms with Crippen molar-refractivity contribution in [3.05, 3.63) is 52.1 Å². The Balaban J connectivity index is 2.01. The van der Waals surface area contributed by atoms with Crippen molar-refractivity contribution < 1.29 is 9.60 Å². The summed E-state index contributed by atoms with van der Waals surface area (Å²) < 4.78 is 13.7. The number of nitrogens with one attached hydrogen (secondary N) is 2. The molecule has 9 heteroatoms. The van der Waals surface area contributed by atoms with Crippen molar-refractivity contribution in [3.8, 4) is 0 Å². The van der Waals surface area contributed by atoms with E-state index in [0.29, 0.717) is 26.9 Å². The zero-order chi connectivity index (χ0) is 18.7. The molecule has 136 valence electrons. The Morgan fingerprint density at radius 2 is 2.19 bits per heavy atom. The molecule has 0 saturated carbocycles. The highest BCUT2D eigenvalue weighted by atomic mass is 79.9. The van der Waals surface area contributed by atoms with Crippen LogP contribution in [0.5, 0.6) is 0 Å². The number of aromatic nitrogens is 3. The molecule has 0 radical (unpaired) electrons. The molecular formula is C17H18BrFN6O. The summed E-state index contributed by atoms with van der Waals surface area (Å²) in [7, 11) is 3.99. The lowest BCUT2D eigenvalue weighted by molar-refractivity contribution is 0.235. The summed E-state index contributed by atoms with van der Waals surface area (Å²) in [5.74, 6) is 0.627. The van der Waals surface area contributed by atoms with E-state index in [9.17, 15) is 9.60 Å². The third-order valence-electron chi connectivity index (χ3n) is 3.74. The molecule has 2 aromatic heterocycles. The van der Waals surface area contributed by atoms with Gasteiger partial charge >= 0.3 is 0 Å². The summed E-state index contributed by atoms with van der Waals surface area (Å²) in [6.45, 7) is 0.845. The number of aromatic amines is 1. The zero-order valence-electron chi connectivity index (χ0n) is 14.3. The molecule has 0 aliphatic carbocycles. The van der Waals surface area contributed by atoms with Crippen LogP contribution in [0.15, 0.2) is 39.9 Å². The highest BCUT2D eigenvalue weighted by Gasteiger charge is 2.13. The first-order valence-corrected chi connectivity index (χ1v) is 8.70. The number of pyridine rings is 1. The number of likely N-dealkylation sites (N-methyl/N-ethyl adjacent to an activating group) is 1. The number of H-pyrrole nitrogens is 1. The minimum Gasteiger partial charge on any atom is -0.340 e. The molecule has 0 saturated heterocycles. The van der Waals surface area contributed by atoms with Gasteiger partial charge in [0.15, 0.2) is 11.5 Å². The first kappa shape index (κ1) is 18.4. The molecule has 1 aromatic carbocycles. The molecule has 0 amide bonds. The number of aliphatic imine (C=N–C) groups is 1. The lowest BCUT2D eigenvalue weighted by Gasteiger charge is -2.07. The van der Waals surface area contributed by atoms with Gasteiger partial charge in [0, 0.05) is 24.7 Å². The van der Waals surface area contributed by atoms with E-state index in [1.54, 1.807) is 12.3 Å². The number of imidazole rings is 1. The van der Waals surface area contributed by atoms with Gasteiger partial charge in [-0.1, -0.05) is 0 Å². The molecule has 3 N–H and O–H groups in total. The molecule has 0 aliphatic rings. The molecule has 7 nitrogen and oxygen atoms in total. The molecule has 0 bridgehead atoms. The Morgan fingerprint density at radius 1 is 1.38 bits per heavy atom. The number of hydrogen-bond donors (Lipinski definition) is 3. The first-order valence-electron chi connectivity index (χ1n) is 7.90. The quantitative estimate of drug-likeness (QED) is 0.335. The Morgan fingerprint density at radius 3 is 2.88 bits per heavy atom. The number of fused-ring (bicyclic) bond motifs is 1. The second-order valence-corrected chi connectivity index (χ2v) is 6.82. The van der Waals surface area contributed by atoms with Crippen LogP contribution in [0, 0.1) is 5.82 Å². The second-order valence-electron chi connectivity index (χ2n) is 5.96. The molecule has 0 fully saturated rings. The number of benzene rings is 1. The fourth-order valence-corrected chi connectivity index (χ4v) is 2.80. The van der Waals surface area contributed by atoms with Crippen LogP contribution in [0.25, 0.3) is 11.2 Å². The highest BCUT2D eigenvalue weighted by molar-refractivity contribution is 9.10. The van der Waals surface area contributed by atoms with E-state index in [-0.39, 0.29) is 11.7 Å². The van der Waals surface area contributed by atoms with Crippen molar-refractivity contribution in [2.24, 2.45) is 4.99 Å². The van der Waals surface area contributed by atoms with E-state index >= 15 is 0 Å². The van der Waals surface area contributed by atoms with Crippen molar-refractivity contribution in [2.75, 3.05) is 20.6 Å². The summed E-state index contributed by atoms with van der Waals surface area (Å²) in [4.78, 5) is 18.4. The van der Waals surface area contributed by atoms with Crippen LogP contribution < -0.4 is 5.48 Å². The molecule has 26 heavy (non-hydrogen) atoms. The van der Waals surface area contributed by atoms with Crippen molar-refractivity contribution in [1.29, 1.82) is 0 Å². The first-order chi connectivity index (χ1) is 12.5. The largest absolute Gasteiger partial charge is 0.340 e. The number of hydrogen-bond acceptors (Lipinski definition) is 5. The van der Waals surface area contributed by atoms with Gasteiger partial charge < -0.3 is 9.88 Å². The second kappa shape index (κ2) is 7.90. The molecule has 0 aliphatic heterocycles. The average molecular weight is 421 g/mol. The van der Waals surface area contributed by atoms with E-state index < -0.39 is 0 Å². The maximum atomic E-state index is 13.4. The van der Waals surface area contributed by atoms with Gasteiger partial charge in [-0.3, -0.25) is 10.7 Å². The lowest BCUT2D eigenvalue weighted by Crippen LogP contribution is -2.20. The zero-order valence-corrected chi connectivity index (χ0v) is 15.9. The maximum absolute atomic E-state index is 13.4. The van der Waals surface area contributed by atoms with Gasteiger partial charge in [-0.25, -0.2) is 19.4 Å². The summed E-state index contributed by atoms with van der Waals surface area (Å²) in [5, 5.41) is 9.58. The molecule has 0 spiro atoms. The van der Waals surface area contributed by atoms with Gasteiger partial charge in [0.1, 0.15) is 11.6 Å². The van der Waals surface area contributed by atoms with Crippen LogP contribution in [0.2, 0.25) is 0 Å². The number of amidine groups is 1. The number of nitrogens with zero attached hydrogens (tertiary/aromatic N) is 4. The maximum Gasteiger partial charge on any atom is 0.178 e. The van der Waals surface area contributed by atoms with Crippen LogP contribution in [0.1, 0.15) is 11.4 Å².